The quantitative estimate of drug-likeness (QED) is 0.406. The SMILES string of the molecule is CCC(F)/C=C/CCC1CCC(C2CCC(C3CCC(C#N)CC3)CC2)CC1. The van der Waals surface area contributed by atoms with Gasteiger partial charge in [0.2, 0.25) is 0 Å². The van der Waals surface area contributed by atoms with Gasteiger partial charge in [-0.05, 0) is 113 Å². The molecule has 0 spiro atoms. The number of nitrogens with zero attached hydrogens (tertiary/aromatic N) is 1. The van der Waals surface area contributed by atoms with E-state index in [2.05, 4.69) is 12.1 Å². The van der Waals surface area contributed by atoms with Crippen molar-refractivity contribution in [2.45, 2.75) is 109 Å². The smallest absolute Gasteiger partial charge is 0.118 e. The van der Waals surface area contributed by atoms with Crippen molar-refractivity contribution in [3.63, 3.8) is 0 Å². The van der Waals surface area contributed by atoms with Gasteiger partial charge in [-0.3, -0.25) is 0 Å². The highest BCUT2D eigenvalue weighted by molar-refractivity contribution is 4.91. The zero-order chi connectivity index (χ0) is 19.8. The number of rotatable bonds is 7. The first-order chi connectivity index (χ1) is 13.7. The Kier molecular flexibility index (Phi) is 8.88. The third kappa shape index (κ3) is 6.33. The number of hydrogen-bond acceptors (Lipinski definition) is 1. The average Bonchev–Trinajstić information content (AvgIpc) is 2.77. The maximum Gasteiger partial charge on any atom is 0.118 e. The zero-order valence-corrected chi connectivity index (χ0v) is 18.1. The van der Waals surface area contributed by atoms with Crippen molar-refractivity contribution in [3.05, 3.63) is 12.2 Å². The minimum Gasteiger partial charge on any atom is -0.243 e. The van der Waals surface area contributed by atoms with Crippen molar-refractivity contribution >= 4 is 0 Å². The summed E-state index contributed by atoms with van der Waals surface area (Å²) in [4.78, 5) is 0. The predicted molar refractivity (Wildman–Crippen MR) is 116 cm³/mol. The van der Waals surface area contributed by atoms with E-state index in [1.165, 1.54) is 70.6 Å². The fraction of sp³-hybridized carbons (Fsp3) is 0.885. The number of nitriles is 1. The molecule has 0 radical (unpaired) electrons. The minimum absolute atomic E-state index is 0.350. The van der Waals surface area contributed by atoms with Crippen molar-refractivity contribution < 1.29 is 4.39 Å². The van der Waals surface area contributed by atoms with Crippen molar-refractivity contribution in [3.8, 4) is 6.07 Å². The molecule has 0 aliphatic heterocycles. The van der Waals surface area contributed by atoms with Crippen LogP contribution in [-0.4, -0.2) is 6.17 Å². The van der Waals surface area contributed by atoms with Gasteiger partial charge in [-0.15, -0.1) is 0 Å². The topological polar surface area (TPSA) is 23.8 Å². The van der Waals surface area contributed by atoms with Crippen LogP contribution in [-0.2, 0) is 0 Å². The van der Waals surface area contributed by atoms with Crippen molar-refractivity contribution in [2.75, 3.05) is 0 Å². The van der Waals surface area contributed by atoms with Gasteiger partial charge < -0.3 is 0 Å². The van der Waals surface area contributed by atoms with Gasteiger partial charge in [-0.1, -0.05) is 31.9 Å². The van der Waals surface area contributed by atoms with Crippen molar-refractivity contribution in [1.29, 1.82) is 5.26 Å². The van der Waals surface area contributed by atoms with Crippen molar-refractivity contribution in [1.82, 2.24) is 0 Å². The summed E-state index contributed by atoms with van der Waals surface area (Å²) < 4.78 is 13.2. The van der Waals surface area contributed by atoms with E-state index in [0.717, 1.165) is 48.9 Å². The average molecular weight is 388 g/mol. The molecule has 0 N–H and O–H groups in total. The highest BCUT2D eigenvalue weighted by atomic mass is 19.1. The summed E-state index contributed by atoms with van der Waals surface area (Å²) in [6.07, 6.45) is 22.5. The van der Waals surface area contributed by atoms with Gasteiger partial charge in [0.1, 0.15) is 6.17 Å². The Balaban J connectivity index is 1.31. The third-order valence-electron chi connectivity index (χ3n) is 8.47. The summed E-state index contributed by atoms with van der Waals surface area (Å²) in [5.41, 5.74) is 0. The number of hydrogen-bond donors (Lipinski definition) is 0. The molecule has 158 valence electrons. The Bertz CT molecular complexity index is 497. The molecule has 0 aromatic rings. The van der Waals surface area contributed by atoms with Gasteiger partial charge in [-0.2, -0.15) is 5.26 Å². The van der Waals surface area contributed by atoms with E-state index < -0.39 is 6.17 Å². The summed E-state index contributed by atoms with van der Waals surface area (Å²) in [6, 6.07) is 2.48. The molecular formula is C26H42FN. The van der Waals surface area contributed by atoms with E-state index >= 15 is 0 Å². The Morgan fingerprint density at radius 3 is 1.75 bits per heavy atom. The molecule has 1 atom stereocenters. The molecule has 1 unspecified atom stereocenters. The van der Waals surface area contributed by atoms with Crippen molar-refractivity contribution in [2.24, 2.45) is 35.5 Å². The zero-order valence-electron chi connectivity index (χ0n) is 18.1. The van der Waals surface area contributed by atoms with Gasteiger partial charge >= 0.3 is 0 Å². The van der Waals surface area contributed by atoms with Crippen LogP contribution in [0.25, 0.3) is 0 Å². The van der Waals surface area contributed by atoms with E-state index in [0.29, 0.717) is 12.3 Å². The molecule has 28 heavy (non-hydrogen) atoms. The van der Waals surface area contributed by atoms with E-state index in [-0.39, 0.29) is 0 Å². The van der Waals surface area contributed by atoms with E-state index in [4.69, 9.17) is 5.26 Å². The molecule has 3 aliphatic carbocycles. The Morgan fingerprint density at radius 2 is 1.29 bits per heavy atom. The largest absolute Gasteiger partial charge is 0.243 e. The molecule has 0 heterocycles. The van der Waals surface area contributed by atoms with E-state index in [1.54, 1.807) is 6.08 Å². The molecule has 3 saturated carbocycles. The Labute approximate surface area is 173 Å². The Hall–Kier alpha value is -0.840. The van der Waals surface area contributed by atoms with E-state index in [1.807, 2.05) is 6.92 Å². The van der Waals surface area contributed by atoms with Crippen LogP contribution in [0.3, 0.4) is 0 Å². The maximum absolute atomic E-state index is 13.2. The molecule has 3 aliphatic rings. The molecule has 0 saturated heterocycles. The van der Waals surface area contributed by atoms with E-state index in [9.17, 15) is 4.39 Å². The van der Waals surface area contributed by atoms with Crippen LogP contribution in [0, 0.1) is 46.8 Å². The summed E-state index contributed by atoms with van der Waals surface area (Å²) in [7, 11) is 0. The number of allylic oxidation sites excluding steroid dienone is 2. The number of halogens is 1. The third-order valence-corrected chi connectivity index (χ3v) is 8.47. The second-order valence-corrected chi connectivity index (χ2v) is 10.1. The molecule has 0 aromatic heterocycles. The summed E-state index contributed by atoms with van der Waals surface area (Å²) >= 11 is 0. The normalized spacial score (nSPS) is 38.2. The first-order valence-corrected chi connectivity index (χ1v) is 12.4. The fourth-order valence-corrected chi connectivity index (χ4v) is 6.47. The maximum atomic E-state index is 13.2. The fourth-order valence-electron chi connectivity index (χ4n) is 6.47. The second kappa shape index (κ2) is 11.4. The van der Waals surface area contributed by atoms with Gasteiger partial charge in [0.05, 0.1) is 6.07 Å². The monoisotopic (exact) mass is 387 g/mol. The molecule has 0 aromatic carbocycles. The lowest BCUT2D eigenvalue weighted by Crippen LogP contribution is -2.29. The highest BCUT2D eigenvalue weighted by Crippen LogP contribution is 2.46. The van der Waals surface area contributed by atoms with Crippen LogP contribution in [0.15, 0.2) is 12.2 Å². The van der Waals surface area contributed by atoms with Crippen LogP contribution in [0.5, 0.6) is 0 Å². The van der Waals surface area contributed by atoms with Gasteiger partial charge in [0.25, 0.3) is 0 Å². The van der Waals surface area contributed by atoms with Crippen LogP contribution < -0.4 is 0 Å². The van der Waals surface area contributed by atoms with Crippen LogP contribution >= 0.6 is 0 Å². The van der Waals surface area contributed by atoms with Gasteiger partial charge in [-0.25, -0.2) is 4.39 Å². The molecule has 0 bridgehead atoms. The lowest BCUT2D eigenvalue weighted by molar-refractivity contribution is 0.108. The first kappa shape index (κ1) is 21.9. The van der Waals surface area contributed by atoms with Crippen LogP contribution in [0.4, 0.5) is 4.39 Å². The minimum atomic E-state index is -0.743. The lowest BCUT2D eigenvalue weighted by atomic mass is 9.65. The summed E-state index contributed by atoms with van der Waals surface area (Å²) in [6.45, 7) is 1.91. The first-order valence-electron chi connectivity index (χ1n) is 12.4. The van der Waals surface area contributed by atoms with Gasteiger partial charge in [0.15, 0.2) is 0 Å². The van der Waals surface area contributed by atoms with Crippen LogP contribution in [0.2, 0.25) is 0 Å². The molecular weight excluding hydrogens is 345 g/mol. The summed E-state index contributed by atoms with van der Waals surface area (Å²) in [5.74, 6) is 5.09. The number of alkyl halides is 1. The van der Waals surface area contributed by atoms with Gasteiger partial charge in [0, 0.05) is 5.92 Å². The second-order valence-electron chi connectivity index (χ2n) is 10.1. The molecule has 0 amide bonds. The predicted octanol–water partition coefficient (Wildman–Crippen LogP) is 8.01. The summed E-state index contributed by atoms with van der Waals surface area (Å²) in [5, 5.41) is 9.11. The standard InChI is InChI=1S/C26H42FN/c1-2-26(27)6-4-3-5-20-7-11-22(12-8-20)24-15-17-25(18-16-24)23-13-9-21(19-28)10-14-23/h4,6,20-26H,2-3,5,7-18H2,1H3/b6-4+. The lowest BCUT2D eigenvalue weighted by Gasteiger charge is -2.41. The molecule has 2 heteroatoms. The molecule has 3 rings (SSSR count). The molecule has 3 fully saturated rings. The Morgan fingerprint density at radius 1 is 0.821 bits per heavy atom. The molecule has 1 nitrogen and oxygen atoms in total. The highest BCUT2D eigenvalue weighted by Gasteiger charge is 2.34. The van der Waals surface area contributed by atoms with Crippen LogP contribution in [0.1, 0.15) is 103 Å².